The van der Waals surface area contributed by atoms with E-state index in [-0.39, 0.29) is 17.4 Å². The number of carbonyl (C=O) groups is 1. The molecule has 39 heavy (non-hydrogen) atoms. The number of imidazole rings is 1. The molecule has 1 fully saturated rings. The van der Waals surface area contributed by atoms with Gasteiger partial charge in [0.05, 0.1) is 42.4 Å². The van der Waals surface area contributed by atoms with E-state index in [1.165, 1.54) is 18.2 Å². The lowest BCUT2D eigenvalue weighted by atomic mass is 9.96. The van der Waals surface area contributed by atoms with Crippen LogP contribution in [-0.4, -0.2) is 79.9 Å². The Morgan fingerprint density at radius 2 is 2.05 bits per heavy atom. The number of aromatic hydroxyl groups is 1. The summed E-state index contributed by atoms with van der Waals surface area (Å²) >= 11 is 0. The van der Waals surface area contributed by atoms with Crippen molar-refractivity contribution in [3.05, 3.63) is 52.9 Å². The highest BCUT2D eigenvalue weighted by atomic mass is 19.1. The maximum absolute atomic E-state index is 15.5. The highest BCUT2D eigenvalue weighted by Gasteiger charge is 2.28. The minimum absolute atomic E-state index is 0.0557. The van der Waals surface area contributed by atoms with Gasteiger partial charge < -0.3 is 19.7 Å². The summed E-state index contributed by atoms with van der Waals surface area (Å²) in [7, 11) is 0. The Balaban J connectivity index is 1.26. The van der Waals surface area contributed by atoms with Crippen LogP contribution in [0.1, 0.15) is 30.8 Å². The predicted octanol–water partition coefficient (Wildman–Crippen LogP) is 3.77. The lowest BCUT2D eigenvalue weighted by molar-refractivity contribution is -0.135. The molecule has 1 amide bonds. The van der Waals surface area contributed by atoms with Crippen molar-refractivity contribution in [2.24, 2.45) is 0 Å². The van der Waals surface area contributed by atoms with E-state index < -0.39 is 17.4 Å². The van der Waals surface area contributed by atoms with Gasteiger partial charge in [0.15, 0.2) is 17.4 Å². The third kappa shape index (κ3) is 4.76. The van der Waals surface area contributed by atoms with Gasteiger partial charge in [0.1, 0.15) is 11.5 Å². The number of benzene rings is 2. The van der Waals surface area contributed by atoms with Gasteiger partial charge >= 0.3 is 0 Å². The van der Waals surface area contributed by atoms with Crippen LogP contribution >= 0.6 is 0 Å². The number of halogens is 2. The van der Waals surface area contributed by atoms with Crippen molar-refractivity contribution in [2.75, 3.05) is 32.8 Å². The van der Waals surface area contributed by atoms with E-state index in [1.807, 2.05) is 18.7 Å². The van der Waals surface area contributed by atoms with Crippen LogP contribution in [0.15, 0.2) is 24.3 Å². The summed E-state index contributed by atoms with van der Waals surface area (Å²) < 4.78 is 35.2. The molecule has 0 radical (unpaired) electrons. The fourth-order valence-corrected chi connectivity index (χ4v) is 5.54. The van der Waals surface area contributed by atoms with Gasteiger partial charge in [-0.3, -0.25) is 14.8 Å². The first kappa shape index (κ1) is 25.4. The van der Waals surface area contributed by atoms with Gasteiger partial charge in [0, 0.05) is 31.7 Å². The fraction of sp³-hybridized carbons (Fsp3) is 0.393. The number of amides is 1. The molecule has 0 aliphatic carbocycles. The zero-order chi connectivity index (χ0) is 27.3. The minimum Gasteiger partial charge on any atom is -0.505 e. The molecule has 1 saturated heterocycles. The lowest BCUT2D eigenvalue weighted by Crippen LogP contribution is -2.48. The van der Waals surface area contributed by atoms with Gasteiger partial charge in [-0.1, -0.05) is 6.92 Å². The number of aryl methyl sites for hydroxylation is 1. The van der Waals surface area contributed by atoms with E-state index in [0.717, 1.165) is 24.5 Å². The first-order valence-corrected chi connectivity index (χ1v) is 13.2. The smallest absolute Gasteiger partial charge is 0.237 e. The van der Waals surface area contributed by atoms with Crippen LogP contribution in [0.25, 0.3) is 33.5 Å². The normalized spacial score (nSPS) is 18.1. The second-order valence-corrected chi connectivity index (χ2v) is 10.3. The molecule has 0 unspecified atom stereocenters. The molecular formula is C28H30F2N6O3. The number of phenolic OH excluding ortho intramolecular Hbond substituents is 1. The van der Waals surface area contributed by atoms with E-state index in [4.69, 9.17) is 9.72 Å². The summed E-state index contributed by atoms with van der Waals surface area (Å²) in [5.41, 5.74) is 4.14. The van der Waals surface area contributed by atoms with Crippen LogP contribution in [0.2, 0.25) is 0 Å². The molecule has 4 heterocycles. The van der Waals surface area contributed by atoms with Gasteiger partial charge in [0.2, 0.25) is 5.91 Å². The molecule has 2 aliphatic rings. The molecule has 9 nitrogen and oxygen atoms in total. The number of rotatable bonds is 5. The second kappa shape index (κ2) is 10.0. The number of fused-ring (bicyclic) bond motifs is 2. The maximum atomic E-state index is 15.5. The number of carbonyl (C=O) groups excluding carboxylic acids is 1. The van der Waals surface area contributed by atoms with Crippen molar-refractivity contribution in [3.63, 3.8) is 0 Å². The van der Waals surface area contributed by atoms with Gasteiger partial charge in [-0.15, -0.1) is 0 Å². The van der Waals surface area contributed by atoms with Gasteiger partial charge in [0.25, 0.3) is 0 Å². The number of hydrogen-bond acceptors (Lipinski definition) is 6. The third-order valence-electron chi connectivity index (χ3n) is 7.58. The van der Waals surface area contributed by atoms with E-state index >= 15 is 4.39 Å². The van der Waals surface area contributed by atoms with E-state index in [2.05, 4.69) is 20.1 Å². The summed E-state index contributed by atoms with van der Waals surface area (Å²) in [5, 5.41) is 17.3. The summed E-state index contributed by atoms with van der Waals surface area (Å²) in [4.78, 5) is 24.9. The van der Waals surface area contributed by atoms with Crippen molar-refractivity contribution >= 4 is 16.8 Å². The van der Waals surface area contributed by atoms with E-state index in [9.17, 15) is 14.3 Å². The molecule has 0 bridgehead atoms. The molecule has 2 aliphatic heterocycles. The quantitative estimate of drug-likeness (QED) is 0.358. The molecule has 4 aromatic rings. The molecular weight excluding hydrogens is 506 g/mol. The predicted molar refractivity (Wildman–Crippen MR) is 141 cm³/mol. The van der Waals surface area contributed by atoms with Gasteiger partial charge in [-0.2, -0.15) is 5.10 Å². The highest BCUT2D eigenvalue weighted by Crippen LogP contribution is 2.35. The van der Waals surface area contributed by atoms with Gasteiger partial charge in [-0.05, 0) is 54.3 Å². The van der Waals surface area contributed by atoms with E-state index in [0.29, 0.717) is 72.8 Å². The van der Waals surface area contributed by atoms with E-state index in [1.54, 1.807) is 6.07 Å². The molecule has 2 aromatic carbocycles. The van der Waals surface area contributed by atoms with Crippen molar-refractivity contribution in [3.8, 4) is 28.4 Å². The topological polar surface area (TPSA) is 110 Å². The monoisotopic (exact) mass is 536 g/mol. The molecule has 3 N–H and O–H groups in total. The first-order chi connectivity index (χ1) is 18.8. The minimum atomic E-state index is -0.763. The number of H-pyrrole nitrogens is 2. The van der Waals surface area contributed by atoms with Crippen molar-refractivity contribution < 1.29 is 23.4 Å². The molecule has 0 spiro atoms. The lowest BCUT2D eigenvalue weighted by Gasteiger charge is -2.33. The third-order valence-corrected chi connectivity index (χ3v) is 7.58. The maximum Gasteiger partial charge on any atom is 0.237 e. The standard InChI is InChI=1S/C28H30F2N6O3/c1-3-16-10-24(37)19(29)11-18(16)17-8-20(30)26-22(9-17)33-34-27(26)28-31-21-4-5-36(13-23(21)32-28)25(38)14-35-6-7-39-15(2)12-35/h8-11,15,37H,3-7,12-14H2,1-2H3,(H,31,32)(H,33,34)/t15-/m0/s1. The summed E-state index contributed by atoms with van der Waals surface area (Å²) in [6, 6.07) is 5.66. The Morgan fingerprint density at radius 1 is 1.21 bits per heavy atom. The molecule has 1 atom stereocenters. The Kier molecular flexibility index (Phi) is 6.56. The van der Waals surface area contributed by atoms with Crippen LogP contribution in [0.3, 0.4) is 0 Å². The zero-order valence-electron chi connectivity index (χ0n) is 21.9. The summed E-state index contributed by atoms with van der Waals surface area (Å²) in [6.07, 6.45) is 1.28. The van der Waals surface area contributed by atoms with Crippen molar-refractivity contribution in [2.45, 2.75) is 39.3 Å². The Bertz CT molecular complexity index is 1560. The zero-order valence-corrected chi connectivity index (χ0v) is 21.9. The average molecular weight is 537 g/mol. The van der Waals surface area contributed by atoms with Crippen LogP contribution in [0, 0.1) is 11.6 Å². The number of aromatic amines is 2. The largest absolute Gasteiger partial charge is 0.505 e. The SMILES string of the molecule is CCc1cc(O)c(F)cc1-c1cc(F)c2c(-c3nc4c([nH]3)CCN(C(=O)CN3CCO[C@@H](C)C3)C4)n[nH]c2c1. The molecule has 2 aromatic heterocycles. The van der Waals surface area contributed by atoms with Crippen LogP contribution < -0.4 is 0 Å². The number of ether oxygens (including phenoxy) is 1. The number of hydrogen-bond donors (Lipinski definition) is 3. The fourth-order valence-electron chi connectivity index (χ4n) is 5.54. The number of nitrogens with one attached hydrogen (secondary N) is 2. The summed E-state index contributed by atoms with van der Waals surface area (Å²) in [6.45, 7) is 7.30. The molecule has 11 heteroatoms. The number of nitrogens with zero attached hydrogens (tertiary/aromatic N) is 4. The second-order valence-electron chi connectivity index (χ2n) is 10.3. The Hall–Kier alpha value is -3.83. The van der Waals surface area contributed by atoms with Crippen molar-refractivity contribution in [1.82, 2.24) is 30.0 Å². The van der Waals surface area contributed by atoms with Crippen LogP contribution in [0.5, 0.6) is 5.75 Å². The van der Waals surface area contributed by atoms with Crippen LogP contribution in [-0.2, 0) is 28.9 Å². The van der Waals surface area contributed by atoms with Gasteiger partial charge in [-0.25, -0.2) is 13.8 Å². The Morgan fingerprint density at radius 3 is 2.85 bits per heavy atom. The molecule has 6 rings (SSSR count). The Labute approximate surface area is 223 Å². The number of aromatic nitrogens is 4. The molecule has 204 valence electrons. The summed E-state index contributed by atoms with van der Waals surface area (Å²) in [5.74, 6) is -1.23. The highest BCUT2D eigenvalue weighted by molar-refractivity contribution is 5.94. The number of morpholine rings is 1. The average Bonchev–Trinajstić information content (AvgIpc) is 3.54. The number of phenols is 1. The van der Waals surface area contributed by atoms with Crippen molar-refractivity contribution in [1.29, 1.82) is 0 Å². The first-order valence-electron chi connectivity index (χ1n) is 13.2. The van der Waals surface area contributed by atoms with Crippen LogP contribution in [0.4, 0.5) is 8.78 Å². The molecule has 0 saturated carbocycles.